The van der Waals surface area contributed by atoms with Crippen LogP contribution in [0.15, 0.2) is 158 Å². The Labute approximate surface area is 274 Å². The SMILES string of the molecule is CC1(C)c2ccccc2-c2ccc(N(c3ccc(-c4cccnc4)cc3)c3ccc(-c4ccc5[nH]c6ccccc6c5c4)cc3)cc21. The number of H-pyrrole nitrogens is 1. The molecule has 0 aliphatic heterocycles. The van der Waals surface area contributed by atoms with Crippen LogP contribution in [0.5, 0.6) is 0 Å². The predicted octanol–water partition coefficient (Wildman–Crippen LogP) is 11.8. The molecule has 0 atom stereocenters. The van der Waals surface area contributed by atoms with Gasteiger partial charge in [0.1, 0.15) is 0 Å². The minimum atomic E-state index is -0.0807. The van der Waals surface area contributed by atoms with Crippen LogP contribution in [-0.4, -0.2) is 9.97 Å². The molecule has 0 saturated carbocycles. The van der Waals surface area contributed by atoms with Gasteiger partial charge >= 0.3 is 0 Å². The minimum Gasteiger partial charge on any atom is -0.355 e. The molecule has 3 heteroatoms. The van der Waals surface area contributed by atoms with Crippen molar-refractivity contribution < 1.29 is 0 Å². The molecule has 47 heavy (non-hydrogen) atoms. The number of hydrogen-bond donors (Lipinski definition) is 1. The molecule has 2 aromatic heterocycles. The fraction of sp³-hybridized carbons (Fsp3) is 0.0682. The molecule has 6 aromatic carbocycles. The quantitative estimate of drug-likeness (QED) is 0.212. The number of para-hydroxylation sites is 1. The maximum Gasteiger partial charge on any atom is 0.0465 e. The molecule has 8 aromatic rings. The summed E-state index contributed by atoms with van der Waals surface area (Å²) in [5.41, 5.74) is 15.7. The number of rotatable bonds is 5. The maximum absolute atomic E-state index is 4.33. The van der Waals surface area contributed by atoms with E-state index in [4.69, 9.17) is 0 Å². The molecular formula is C44H33N3. The van der Waals surface area contributed by atoms with E-state index in [2.05, 4.69) is 168 Å². The summed E-state index contributed by atoms with van der Waals surface area (Å²) in [4.78, 5) is 10.3. The zero-order valence-electron chi connectivity index (χ0n) is 26.4. The summed E-state index contributed by atoms with van der Waals surface area (Å²) in [5.74, 6) is 0. The highest BCUT2D eigenvalue weighted by molar-refractivity contribution is 6.08. The van der Waals surface area contributed by atoms with Gasteiger partial charge in [0.05, 0.1) is 0 Å². The molecule has 224 valence electrons. The molecule has 0 unspecified atom stereocenters. The second kappa shape index (κ2) is 10.6. The van der Waals surface area contributed by atoms with Crippen LogP contribution < -0.4 is 4.90 Å². The number of fused-ring (bicyclic) bond motifs is 6. The lowest BCUT2D eigenvalue weighted by Crippen LogP contribution is -2.16. The van der Waals surface area contributed by atoms with Crippen LogP contribution in [0.1, 0.15) is 25.0 Å². The van der Waals surface area contributed by atoms with Gasteiger partial charge in [0.25, 0.3) is 0 Å². The lowest BCUT2D eigenvalue weighted by Gasteiger charge is -2.28. The number of nitrogens with zero attached hydrogens (tertiary/aromatic N) is 2. The van der Waals surface area contributed by atoms with E-state index >= 15 is 0 Å². The first-order chi connectivity index (χ1) is 23.0. The van der Waals surface area contributed by atoms with Crippen LogP contribution >= 0.6 is 0 Å². The number of aromatic amines is 1. The zero-order chi connectivity index (χ0) is 31.5. The molecule has 1 aliphatic rings. The lowest BCUT2D eigenvalue weighted by atomic mass is 9.82. The van der Waals surface area contributed by atoms with Crippen molar-refractivity contribution in [3.8, 4) is 33.4 Å². The van der Waals surface area contributed by atoms with Gasteiger partial charge in [-0.1, -0.05) is 98.8 Å². The summed E-state index contributed by atoms with van der Waals surface area (Å²) in [6.07, 6.45) is 3.73. The Kier molecular flexibility index (Phi) is 6.16. The fourth-order valence-electron chi connectivity index (χ4n) is 7.45. The highest BCUT2D eigenvalue weighted by atomic mass is 15.1. The molecule has 0 spiro atoms. The summed E-state index contributed by atoms with van der Waals surface area (Å²) < 4.78 is 0. The van der Waals surface area contributed by atoms with Crippen molar-refractivity contribution in [2.45, 2.75) is 19.3 Å². The lowest BCUT2D eigenvalue weighted by molar-refractivity contribution is 0.660. The first-order valence-electron chi connectivity index (χ1n) is 16.2. The molecule has 0 fully saturated rings. The van der Waals surface area contributed by atoms with Crippen molar-refractivity contribution >= 4 is 38.9 Å². The van der Waals surface area contributed by atoms with Gasteiger partial charge in [0, 0.05) is 56.7 Å². The van der Waals surface area contributed by atoms with Crippen LogP contribution in [-0.2, 0) is 5.41 Å². The van der Waals surface area contributed by atoms with E-state index in [1.807, 2.05) is 18.5 Å². The van der Waals surface area contributed by atoms with Gasteiger partial charge in [0.15, 0.2) is 0 Å². The Bertz CT molecular complexity index is 2420. The van der Waals surface area contributed by atoms with Gasteiger partial charge in [0.2, 0.25) is 0 Å². The Morgan fingerprint density at radius 3 is 1.89 bits per heavy atom. The molecule has 2 heterocycles. The van der Waals surface area contributed by atoms with E-state index in [1.54, 1.807) is 0 Å². The number of pyridine rings is 1. The number of aromatic nitrogens is 2. The van der Waals surface area contributed by atoms with Gasteiger partial charge < -0.3 is 9.88 Å². The Hall–Kier alpha value is -5.93. The van der Waals surface area contributed by atoms with E-state index in [0.29, 0.717) is 0 Å². The smallest absolute Gasteiger partial charge is 0.0465 e. The van der Waals surface area contributed by atoms with Crippen LogP contribution in [0.2, 0.25) is 0 Å². The van der Waals surface area contributed by atoms with Crippen molar-refractivity contribution in [2.24, 2.45) is 0 Å². The first-order valence-corrected chi connectivity index (χ1v) is 16.2. The van der Waals surface area contributed by atoms with Gasteiger partial charge in [-0.3, -0.25) is 4.98 Å². The Morgan fingerprint density at radius 2 is 1.13 bits per heavy atom. The molecule has 0 bridgehead atoms. The third kappa shape index (κ3) is 4.46. The van der Waals surface area contributed by atoms with Crippen LogP contribution in [0, 0.1) is 0 Å². The predicted molar refractivity (Wildman–Crippen MR) is 197 cm³/mol. The average molecular weight is 604 g/mol. The van der Waals surface area contributed by atoms with Crippen molar-refractivity contribution in [3.63, 3.8) is 0 Å². The topological polar surface area (TPSA) is 31.9 Å². The standard InChI is InChI=1S/C44H33N3/c1-44(2)40-11-5-3-9-36(40)37-23-22-35(27-41(37)44)47(34-20-15-30(16-21-34)32-8-7-25-45-28-32)33-18-13-29(14-19-33)31-17-24-43-39(26-31)38-10-4-6-12-42(38)46-43/h3-28,46H,1-2H3. The third-order valence-corrected chi connectivity index (χ3v) is 9.91. The minimum absolute atomic E-state index is 0.0807. The summed E-state index contributed by atoms with van der Waals surface area (Å²) in [7, 11) is 0. The normalized spacial score (nSPS) is 13.1. The van der Waals surface area contributed by atoms with E-state index < -0.39 is 0 Å². The van der Waals surface area contributed by atoms with Gasteiger partial charge in [-0.25, -0.2) is 0 Å². The highest BCUT2D eigenvalue weighted by Crippen LogP contribution is 2.50. The van der Waals surface area contributed by atoms with E-state index in [-0.39, 0.29) is 5.41 Å². The van der Waals surface area contributed by atoms with Crippen molar-refractivity contribution in [3.05, 3.63) is 169 Å². The average Bonchev–Trinajstić information content (AvgIpc) is 3.61. The van der Waals surface area contributed by atoms with E-state index in [0.717, 1.165) is 33.7 Å². The van der Waals surface area contributed by atoms with Gasteiger partial charge in [-0.15, -0.1) is 0 Å². The second-order valence-electron chi connectivity index (χ2n) is 13.0. The van der Waals surface area contributed by atoms with Gasteiger partial charge in [-0.05, 0) is 105 Å². The summed E-state index contributed by atoms with van der Waals surface area (Å²) in [6.45, 7) is 4.68. The monoisotopic (exact) mass is 603 g/mol. The maximum atomic E-state index is 4.33. The highest BCUT2D eigenvalue weighted by Gasteiger charge is 2.35. The van der Waals surface area contributed by atoms with Crippen molar-refractivity contribution in [1.82, 2.24) is 9.97 Å². The molecular weight excluding hydrogens is 571 g/mol. The summed E-state index contributed by atoms with van der Waals surface area (Å²) >= 11 is 0. The zero-order valence-corrected chi connectivity index (χ0v) is 26.4. The van der Waals surface area contributed by atoms with Crippen molar-refractivity contribution in [2.75, 3.05) is 4.90 Å². The number of anilines is 3. The van der Waals surface area contributed by atoms with Crippen LogP contribution in [0.4, 0.5) is 17.1 Å². The molecule has 0 saturated heterocycles. The number of benzene rings is 6. The molecule has 3 nitrogen and oxygen atoms in total. The largest absolute Gasteiger partial charge is 0.355 e. The third-order valence-electron chi connectivity index (χ3n) is 9.91. The van der Waals surface area contributed by atoms with E-state index in [1.165, 1.54) is 49.7 Å². The first kappa shape index (κ1) is 27.4. The molecule has 1 N–H and O–H groups in total. The summed E-state index contributed by atoms with van der Waals surface area (Å²) in [5, 5.41) is 2.50. The Morgan fingerprint density at radius 1 is 0.489 bits per heavy atom. The fourth-order valence-corrected chi connectivity index (χ4v) is 7.45. The number of hydrogen-bond acceptors (Lipinski definition) is 2. The van der Waals surface area contributed by atoms with Crippen LogP contribution in [0.3, 0.4) is 0 Å². The number of nitrogens with one attached hydrogen (secondary N) is 1. The second-order valence-corrected chi connectivity index (χ2v) is 13.0. The molecule has 9 rings (SSSR count). The molecule has 1 aliphatic carbocycles. The van der Waals surface area contributed by atoms with Crippen molar-refractivity contribution in [1.29, 1.82) is 0 Å². The van der Waals surface area contributed by atoms with Gasteiger partial charge in [-0.2, -0.15) is 0 Å². The molecule has 0 amide bonds. The van der Waals surface area contributed by atoms with E-state index in [9.17, 15) is 0 Å². The molecule has 0 radical (unpaired) electrons. The summed E-state index contributed by atoms with van der Waals surface area (Å²) in [6, 6.07) is 52.9. The van der Waals surface area contributed by atoms with Crippen LogP contribution in [0.25, 0.3) is 55.2 Å². The Balaban J connectivity index is 1.14.